The Morgan fingerprint density at radius 1 is 1.50 bits per heavy atom. The van der Waals surface area contributed by atoms with Crippen LogP contribution in [0, 0.1) is 13.8 Å². The Hall–Kier alpha value is -1.36. The molecule has 0 spiro atoms. The number of nitrogens with zero attached hydrogens (tertiary/aromatic N) is 2. The SMILES string of the molecule is Cc1noc(NC(=O)CN(C)C)c1C. The molecule has 0 aliphatic carbocycles. The fraction of sp³-hybridized carbons (Fsp3) is 0.556. The van der Waals surface area contributed by atoms with Gasteiger partial charge in [0.15, 0.2) is 0 Å². The second-order valence-corrected chi connectivity index (χ2v) is 3.51. The molecule has 0 saturated carbocycles. The summed E-state index contributed by atoms with van der Waals surface area (Å²) in [4.78, 5) is 13.1. The van der Waals surface area contributed by atoms with E-state index in [0.29, 0.717) is 12.4 Å². The minimum atomic E-state index is -0.103. The average Bonchev–Trinajstić information content (AvgIpc) is 2.34. The summed E-state index contributed by atoms with van der Waals surface area (Å²) >= 11 is 0. The molecule has 0 radical (unpaired) electrons. The van der Waals surface area contributed by atoms with Crippen LogP contribution in [-0.4, -0.2) is 36.6 Å². The van der Waals surface area contributed by atoms with Crippen LogP contribution in [0.1, 0.15) is 11.3 Å². The van der Waals surface area contributed by atoms with Crippen molar-refractivity contribution in [2.75, 3.05) is 26.0 Å². The predicted octanol–water partition coefficient (Wildman–Crippen LogP) is 0.792. The monoisotopic (exact) mass is 197 g/mol. The topological polar surface area (TPSA) is 58.4 Å². The summed E-state index contributed by atoms with van der Waals surface area (Å²) in [7, 11) is 3.66. The van der Waals surface area contributed by atoms with Crippen molar-refractivity contribution in [2.45, 2.75) is 13.8 Å². The summed E-state index contributed by atoms with van der Waals surface area (Å²) in [5.41, 5.74) is 1.67. The maximum Gasteiger partial charge on any atom is 0.240 e. The molecule has 0 bridgehead atoms. The lowest BCUT2D eigenvalue weighted by Crippen LogP contribution is -2.27. The predicted molar refractivity (Wildman–Crippen MR) is 53.2 cm³/mol. The summed E-state index contributed by atoms with van der Waals surface area (Å²) in [5, 5.41) is 6.40. The summed E-state index contributed by atoms with van der Waals surface area (Å²) in [6, 6.07) is 0. The number of likely N-dealkylation sites (N-methyl/N-ethyl adjacent to an activating group) is 1. The van der Waals surface area contributed by atoms with E-state index in [1.807, 2.05) is 27.9 Å². The standard InChI is InChI=1S/C9H15N3O2/c1-6-7(2)11-14-9(6)10-8(13)5-12(3)4/h5H2,1-4H3,(H,10,13). The molecule has 1 N–H and O–H groups in total. The van der Waals surface area contributed by atoms with Crippen LogP contribution in [0.25, 0.3) is 0 Å². The van der Waals surface area contributed by atoms with Gasteiger partial charge in [0.05, 0.1) is 12.2 Å². The van der Waals surface area contributed by atoms with Gasteiger partial charge in [-0.15, -0.1) is 0 Å². The lowest BCUT2D eigenvalue weighted by Gasteiger charge is -2.08. The van der Waals surface area contributed by atoms with Gasteiger partial charge in [0.25, 0.3) is 0 Å². The maximum atomic E-state index is 11.3. The number of aryl methyl sites for hydroxylation is 1. The van der Waals surface area contributed by atoms with Crippen LogP contribution in [0.15, 0.2) is 4.52 Å². The fourth-order valence-corrected chi connectivity index (χ4v) is 0.985. The van der Waals surface area contributed by atoms with Crippen molar-refractivity contribution in [3.05, 3.63) is 11.3 Å². The molecule has 5 heteroatoms. The molecular formula is C9H15N3O2. The van der Waals surface area contributed by atoms with Crippen molar-refractivity contribution < 1.29 is 9.32 Å². The second kappa shape index (κ2) is 4.23. The van der Waals surface area contributed by atoms with Gasteiger partial charge < -0.3 is 9.42 Å². The molecule has 0 aromatic carbocycles. The molecule has 78 valence electrons. The van der Waals surface area contributed by atoms with E-state index in [0.717, 1.165) is 11.3 Å². The minimum Gasteiger partial charge on any atom is -0.338 e. The highest BCUT2D eigenvalue weighted by Gasteiger charge is 2.11. The molecule has 0 aliphatic heterocycles. The van der Waals surface area contributed by atoms with E-state index in [9.17, 15) is 4.79 Å². The highest BCUT2D eigenvalue weighted by molar-refractivity contribution is 5.91. The molecule has 0 aliphatic rings. The zero-order chi connectivity index (χ0) is 10.7. The van der Waals surface area contributed by atoms with E-state index in [4.69, 9.17) is 4.52 Å². The first-order valence-electron chi connectivity index (χ1n) is 4.38. The van der Waals surface area contributed by atoms with Gasteiger partial charge in [-0.1, -0.05) is 5.16 Å². The Bertz CT molecular complexity index is 331. The molecule has 1 amide bonds. The van der Waals surface area contributed by atoms with Crippen molar-refractivity contribution >= 4 is 11.8 Å². The average molecular weight is 197 g/mol. The van der Waals surface area contributed by atoms with Gasteiger partial charge in [-0.2, -0.15) is 0 Å². The number of hydrogen-bond donors (Lipinski definition) is 1. The quantitative estimate of drug-likeness (QED) is 0.778. The zero-order valence-corrected chi connectivity index (χ0v) is 8.92. The molecule has 0 saturated heterocycles. The van der Waals surface area contributed by atoms with Crippen LogP contribution < -0.4 is 5.32 Å². The number of aromatic nitrogens is 1. The van der Waals surface area contributed by atoms with Crippen LogP contribution in [0.2, 0.25) is 0 Å². The number of hydrogen-bond acceptors (Lipinski definition) is 4. The summed E-state index contributed by atoms with van der Waals surface area (Å²) in [6.07, 6.45) is 0. The first-order valence-corrected chi connectivity index (χ1v) is 4.38. The Kier molecular flexibility index (Phi) is 3.24. The molecule has 1 aromatic heterocycles. The summed E-state index contributed by atoms with van der Waals surface area (Å²) < 4.78 is 4.95. The van der Waals surface area contributed by atoms with Gasteiger partial charge in [-0.25, -0.2) is 0 Å². The molecule has 1 rings (SSSR count). The molecular weight excluding hydrogens is 182 g/mol. The van der Waals surface area contributed by atoms with E-state index in [-0.39, 0.29) is 5.91 Å². The van der Waals surface area contributed by atoms with E-state index in [1.165, 1.54) is 0 Å². The number of amides is 1. The van der Waals surface area contributed by atoms with E-state index < -0.39 is 0 Å². The van der Waals surface area contributed by atoms with E-state index >= 15 is 0 Å². The molecule has 5 nitrogen and oxygen atoms in total. The Balaban J connectivity index is 2.61. The number of rotatable bonds is 3. The van der Waals surface area contributed by atoms with Crippen LogP contribution in [0.5, 0.6) is 0 Å². The third-order valence-electron chi connectivity index (χ3n) is 1.87. The third-order valence-corrected chi connectivity index (χ3v) is 1.87. The third kappa shape index (κ3) is 2.56. The van der Waals surface area contributed by atoms with E-state index in [2.05, 4.69) is 10.5 Å². The number of anilines is 1. The summed E-state index contributed by atoms with van der Waals surface area (Å²) in [5.74, 6) is 0.337. The number of carbonyl (C=O) groups excluding carboxylic acids is 1. The highest BCUT2D eigenvalue weighted by atomic mass is 16.5. The first kappa shape index (κ1) is 10.7. The largest absolute Gasteiger partial charge is 0.338 e. The van der Waals surface area contributed by atoms with Crippen LogP contribution in [0.4, 0.5) is 5.88 Å². The first-order chi connectivity index (χ1) is 6.50. The second-order valence-electron chi connectivity index (χ2n) is 3.51. The fourth-order valence-electron chi connectivity index (χ4n) is 0.985. The Morgan fingerprint density at radius 3 is 2.57 bits per heavy atom. The molecule has 14 heavy (non-hydrogen) atoms. The van der Waals surface area contributed by atoms with Crippen LogP contribution in [-0.2, 0) is 4.79 Å². The van der Waals surface area contributed by atoms with Crippen LogP contribution in [0.3, 0.4) is 0 Å². The lowest BCUT2D eigenvalue weighted by atomic mass is 10.3. The van der Waals surface area contributed by atoms with Crippen molar-refractivity contribution in [1.82, 2.24) is 10.1 Å². The van der Waals surface area contributed by atoms with Gasteiger partial charge in [-0.3, -0.25) is 10.1 Å². The number of carbonyl (C=O) groups is 1. The van der Waals surface area contributed by atoms with Gasteiger partial charge in [0, 0.05) is 5.56 Å². The Labute approximate surface area is 83.1 Å². The van der Waals surface area contributed by atoms with Crippen molar-refractivity contribution in [3.63, 3.8) is 0 Å². The van der Waals surface area contributed by atoms with Gasteiger partial charge >= 0.3 is 0 Å². The van der Waals surface area contributed by atoms with E-state index in [1.54, 1.807) is 4.90 Å². The smallest absolute Gasteiger partial charge is 0.240 e. The molecule has 0 fully saturated rings. The minimum absolute atomic E-state index is 0.103. The lowest BCUT2D eigenvalue weighted by molar-refractivity contribution is -0.116. The van der Waals surface area contributed by atoms with Gasteiger partial charge in [-0.05, 0) is 27.9 Å². The van der Waals surface area contributed by atoms with Crippen LogP contribution >= 0.6 is 0 Å². The highest BCUT2D eigenvalue weighted by Crippen LogP contribution is 2.16. The van der Waals surface area contributed by atoms with Crippen molar-refractivity contribution in [3.8, 4) is 0 Å². The molecule has 1 aromatic rings. The normalized spacial score (nSPS) is 10.6. The summed E-state index contributed by atoms with van der Waals surface area (Å²) in [6.45, 7) is 4.02. The van der Waals surface area contributed by atoms with Gasteiger partial charge in [0.2, 0.25) is 11.8 Å². The molecule has 0 atom stereocenters. The van der Waals surface area contributed by atoms with Crippen molar-refractivity contribution in [2.24, 2.45) is 0 Å². The maximum absolute atomic E-state index is 11.3. The number of nitrogens with one attached hydrogen (secondary N) is 1. The molecule has 1 heterocycles. The van der Waals surface area contributed by atoms with Crippen molar-refractivity contribution in [1.29, 1.82) is 0 Å². The molecule has 0 unspecified atom stereocenters. The van der Waals surface area contributed by atoms with Gasteiger partial charge in [0.1, 0.15) is 0 Å². The Morgan fingerprint density at radius 2 is 2.14 bits per heavy atom. The zero-order valence-electron chi connectivity index (χ0n) is 8.92.